The molecule has 0 unspecified atom stereocenters. The average Bonchev–Trinajstić information content (AvgIpc) is 2.78. The summed E-state index contributed by atoms with van der Waals surface area (Å²) in [5, 5.41) is 16.5. The quantitative estimate of drug-likeness (QED) is 0.763. The first kappa shape index (κ1) is 12.0. The maximum Gasteiger partial charge on any atom is 0.320 e. The van der Waals surface area contributed by atoms with Crippen molar-refractivity contribution in [2.75, 3.05) is 6.61 Å². The Hall–Kier alpha value is -1.47. The molecular formula is C10H16N4O3. The fourth-order valence-corrected chi connectivity index (χ4v) is 1.79. The van der Waals surface area contributed by atoms with Gasteiger partial charge in [0.25, 0.3) is 0 Å². The summed E-state index contributed by atoms with van der Waals surface area (Å²) in [7, 11) is 0. The van der Waals surface area contributed by atoms with Gasteiger partial charge in [0.2, 0.25) is 0 Å². The molecule has 0 aliphatic carbocycles. The Morgan fingerprint density at radius 1 is 1.71 bits per heavy atom. The highest BCUT2D eigenvalue weighted by molar-refractivity contribution is 5.73. The van der Waals surface area contributed by atoms with E-state index in [1.165, 1.54) is 0 Å². The standard InChI is InChI=1S/C10H16N4O3/c11-8(10(15)16)5-7-6-14(13-12-7)9-3-1-2-4-17-9/h6,8-9H,1-5,11H2,(H,15,16)/t8-,9+/m0/s1. The first-order valence-electron chi connectivity index (χ1n) is 5.67. The SMILES string of the molecule is N[C@@H](Cc1cn([C@H]2CCCCO2)nn1)C(=O)O. The molecule has 7 heteroatoms. The Kier molecular flexibility index (Phi) is 3.70. The molecule has 1 aliphatic heterocycles. The normalized spacial score (nSPS) is 22.3. The lowest BCUT2D eigenvalue weighted by atomic mass is 10.2. The zero-order chi connectivity index (χ0) is 12.3. The average molecular weight is 240 g/mol. The summed E-state index contributed by atoms with van der Waals surface area (Å²) in [5.74, 6) is -1.03. The molecule has 17 heavy (non-hydrogen) atoms. The van der Waals surface area contributed by atoms with Crippen LogP contribution < -0.4 is 5.73 Å². The first-order chi connectivity index (χ1) is 8.16. The van der Waals surface area contributed by atoms with Gasteiger partial charge in [-0.2, -0.15) is 0 Å². The molecule has 0 bridgehead atoms. The van der Waals surface area contributed by atoms with Crippen LogP contribution in [-0.4, -0.2) is 38.7 Å². The maximum atomic E-state index is 10.6. The molecule has 0 saturated carbocycles. The van der Waals surface area contributed by atoms with Crippen molar-refractivity contribution >= 4 is 5.97 Å². The van der Waals surface area contributed by atoms with Crippen LogP contribution >= 0.6 is 0 Å². The van der Waals surface area contributed by atoms with Crippen LogP contribution in [-0.2, 0) is 16.0 Å². The minimum Gasteiger partial charge on any atom is -0.480 e. The van der Waals surface area contributed by atoms with Crippen LogP contribution in [0.25, 0.3) is 0 Å². The van der Waals surface area contributed by atoms with Crippen molar-refractivity contribution in [3.63, 3.8) is 0 Å². The first-order valence-corrected chi connectivity index (χ1v) is 5.67. The summed E-state index contributed by atoms with van der Waals surface area (Å²) < 4.78 is 7.18. The number of hydrogen-bond acceptors (Lipinski definition) is 5. The second kappa shape index (κ2) is 5.24. The highest BCUT2D eigenvalue weighted by atomic mass is 16.5. The topological polar surface area (TPSA) is 103 Å². The van der Waals surface area contributed by atoms with E-state index in [4.69, 9.17) is 15.6 Å². The van der Waals surface area contributed by atoms with Crippen LogP contribution in [0.2, 0.25) is 0 Å². The number of aromatic nitrogens is 3. The highest BCUT2D eigenvalue weighted by Crippen LogP contribution is 2.21. The summed E-state index contributed by atoms with van der Waals surface area (Å²) in [4.78, 5) is 10.6. The van der Waals surface area contributed by atoms with Crippen molar-refractivity contribution in [3.05, 3.63) is 11.9 Å². The van der Waals surface area contributed by atoms with Crippen LogP contribution in [0.15, 0.2) is 6.20 Å². The molecule has 3 N–H and O–H groups in total. The van der Waals surface area contributed by atoms with E-state index in [0.29, 0.717) is 5.69 Å². The molecule has 1 aliphatic rings. The smallest absolute Gasteiger partial charge is 0.320 e. The predicted octanol–water partition coefficient (Wildman–Crippen LogP) is -0.0684. The fourth-order valence-electron chi connectivity index (χ4n) is 1.79. The van der Waals surface area contributed by atoms with Gasteiger partial charge in [-0.15, -0.1) is 5.10 Å². The lowest BCUT2D eigenvalue weighted by molar-refractivity contribution is -0.138. The van der Waals surface area contributed by atoms with Gasteiger partial charge in [0.05, 0.1) is 11.9 Å². The van der Waals surface area contributed by atoms with Gasteiger partial charge in [-0.1, -0.05) is 5.21 Å². The van der Waals surface area contributed by atoms with Gasteiger partial charge in [0.15, 0.2) is 6.23 Å². The second-order valence-electron chi connectivity index (χ2n) is 4.16. The summed E-state index contributed by atoms with van der Waals surface area (Å²) in [6.45, 7) is 0.731. The molecule has 7 nitrogen and oxygen atoms in total. The minimum atomic E-state index is -1.03. The fraction of sp³-hybridized carbons (Fsp3) is 0.700. The van der Waals surface area contributed by atoms with Gasteiger partial charge in [0.1, 0.15) is 6.04 Å². The number of nitrogens with two attached hydrogens (primary N) is 1. The van der Waals surface area contributed by atoms with Gasteiger partial charge in [-0.3, -0.25) is 4.79 Å². The third kappa shape index (κ3) is 3.01. The molecule has 2 atom stereocenters. The minimum absolute atomic E-state index is 0.0777. The number of aliphatic carboxylic acids is 1. The van der Waals surface area contributed by atoms with Crippen molar-refractivity contribution in [1.82, 2.24) is 15.0 Å². The molecule has 1 saturated heterocycles. The van der Waals surface area contributed by atoms with Crippen molar-refractivity contribution in [1.29, 1.82) is 0 Å². The lowest BCUT2D eigenvalue weighted by Crippen LogP contribution is -2.32. The number of carboxylic acids is 1. The van der Waals surface area contributed by atoms with E-state index in [2.05, 4.69) is 10.3 Å². The van der Waals surface area contributed by atoms with E-state index < -0.39 is 12.0 Å². The van der Waals surface area contributed by atoms with Crippen LogP contribution in [0.3, 0.4) is 0 Å². The van der Waals surface area contributed by atoms with Gasteiger partial charge in [-0.25, -0.2) is 4.68 Å². The third-order valence-corrected chi connectivity index (χ3v) is 2.75. The third-order valence-electron chi connectivity index (χ3n) is 2.75. The monoisotopic (exact) mass is 240 g/mol. The molecule has 94 valence electrons. The van der Waals surface area contributed by atoms with Crippen molar-refractivity contribution < 1.29 is 14.6 Å². The summed E-state index contributed by atoms with van der Waals surface area (Å²) >= 11 is 0. The van der Waals surface area contributed by atoms with E-state index in [1.807, 2.05) is 0 Å². The Bertz CT molecular complexity index is 387. The van der Waals surface area contributed by atoms with Crippen LogP contribution in [0, 0.1) is 0 Å². The van der Waals surface area contributed by atoms with Gasteiger partial charge in [0, 0.05) is 13.0 Å². The molecule has 0 amide bonds. The van der Waals surface area contributed by atoms with Crippen LogP contribution in [0.1, 0.15) is 31.2 Å². The molecule has 1 aromatic heterocycles. The Morgan fingerprint density at radius 2 is 2.53 bits per heavy atom. The number of nitrogens with zero attached hydrogens (tertiary/aromatic N) is 3. The van der Waals surface area contributed by atoms with Crippen LogP contribution in [0.4, 0.5) is 0 Å². The Labute approximate surface area is 98.5 Å². The Morgan fingerprint density at radius 3 is 3.18 bits per heavy atom. The predicted molar refractivity (Wildman–Crippen MR) is 58.2 cm³/mol. The van der Waals surface area contributed by atoms with E-state index in [9.17, 15) is 4.79 Å². The van der Waals surface area contributed by atoms with E-state index in [0.717, 1.165) is 25.9 Å². The molecule has 2 heterocycles. The zero-order valence-electron chi connectivity index (χ0n) is 9.45. The van der Waals surface area contributed by atoms with Crippen molar-refractivity contribution in [3.8, 4) is 0 Å². The number of ether oxygens (including phenoxy) is 1. The summed E-state index contributed by atoms with van der Waals surface area (Å²) in [6.07, 6.45) is 4.90. The molecule has 0 radical (unpaired) electrons. The zero-order valence-corrected chi connectivity index (χ0v) is 9.45. The number of hydrogen-bond donors (Lipinski definition) is 2. The summed E-state index contributed by atoms with van der Waals surface area (Å²) in [5.41, 5.74) is 6.01. The maximum absolute atomic E-state index is 10.6. The molecule has 1 fully saturated rings. The second-order valence-corrected chi connectivity index (χ2v) is 4.16. The van der Waals surface area contributed by atoms with E-state index in [-0.39, 0.29) is 12.6 Å². The van der Waals surface area contributed by atoms with E-state index in [1.54, 1.807) is 10.9 Å². The molecule has 1 aromatic rings. The lowest BCUT2D eigenvalue weighted by Gasteiger charge is -2.21. The number of rotatable bonds is 4. The number of carboxylic acid groups (broad SMARTS) is 1. The van der Waals surface area contributed by atoms with Gasteiger partial charge >= 0.3 is 5.97 Å². The van der Waals surface area contributed by atoms with E-state index >= 15 is 0 Å². The molecule has 0 spiro atoms. The van der Waals surface area contributed by atoms with Gasteiger partial charge < -0.3 is 15.6 Å². The Balaban J connectivity index is 1.97. The molecule has 0 aromatic carbocycles. The molecular weight excluding hydrogens is 224 g/mol. The largest absolute Gasteiger partial charge is 0.480 e. The van der Waals surface area contributed by atoms with Gasteiger partial charge in [-0.05, 0) is 19.3 Å². The molecule has 2 rings (SSSR count). The van der Waals surface area contributed by atoms with Crippen molar-refractivity contribution in [2.24, 2.45) is 5.73 Å². The van der Waals surface area contributed by atoms with Crippen LogP contribution in [0.5, 0.6) is 0 Å². The van der Waals surface area contributed by atoms with Crippen molar-refractivity contribution in [2.45, 2.75) is 38.0 Å². The number of carbonyl (C=O) groups is 1. The summed E-state index contributed by atoms with van der Waals surface area (Å²) in [6, 6.07) is -0.938. The highest BCUT2D eigenvalue weighted by Gasteiger charge is 2.19.